The van der Waals surface area contributed by atoms with Crippen molar-refractivity contribution < 1.29 is 22.8 Å². The summed E-state index contributed by atoms with van der Waals surface area (Å²) in [7, 11) is 0. The summed E-state index contributed by atoms with van der Waals surface area (Å²) in [5.74, 6) is -0.0462. The van der Waals surface area contributed by atoms with Crippen LogP contribution in [0.25, 0.3) is 6.08 Å². The van der Waals surface area contributed by atoms with Gasteiger partial charge in [-0.25, -0.2) is 0 Å². The van der Waals surface area contributed by atoms with Crippen molar-refractivity contribution in [1.82, 2.24) is 0 Å². The van der Waals surface area contributed by atoms with Gasteiger partial charge in [0.05, 0.1) is 5.56 Å². The van der Waals surface area contributed by atoms with Gasteiger partial charge in [-0.2, -0.15) is 13.2 Å². The smallest absolute Gasteiger partial charge is 0.326 e. The molecule has 160 valence electrons. The standard InChI is InChI=1S/C12H15NO.C8H7F3.C2H6.CH2O/c1-5-12-8(2)6-11(7-9(12)3)13-10(4)14;1-6-3-2-4-7(5-6)8(9,10)11;2*1-2/h5-7H,1H2,2-4H3,(H,13,14);2-5H,1H3;1-2H3;1H2. The van der Waals surface area contributed by atoms with E-state index in [0.717, 1.165) is 34.5 Å². The summed E-state index contributed by atoms with van der Waals surface area (Å²) >= 11 is 0. The molecule has 0 heterocycles. The molecule has 29 heavy (non-hydrogen) atoms. The van der Waals surface area contributed by atoms with E-state index in [0.29, 0.717) is 5.56 Å². The first-order chi connectivity index (χ1) is 13.5. The van der Waals surface area contributed by atoms with Crippen LogP contribution in [0.2, 0.25) is 0 Å². The highest BCUT2D eigenvalue weighted by molar-refractivity contribution is 5.89. The van der Waals surface area contributed by atoms with Crippen LogP contribution in [0.5, 0.6) is 0 Å². The van der Waals surface area contributed by atoms with Crippen LogP contribution in [0, 0.1) is 20.8 Å². The maximum atomic E-state index is 12.0. The first kappa shape index (κ1) is 28.3. The number of amides is 1. The zero-order chi connectivity index (χ0) is 23.2. The molecule has 2 aromatic carbocycles. The van der Waals surface area contributed by atoms with Gasteiger partial charge in [0.1, 0.15) is 6.79 Å². The number of alkyl halides is 3. The van der Waals surface area contributed by atoms with Gasteiger partial charge in [0.2, 0.25) is 5.91 Å². The fourth-order valence-corrected chi connectivity index (χ4v) is 2.39. The summed E-state index contributed by atoms with van der Waals surface area (Å²) in [5, 5.41) is 2.76. The quantitative estimate of drug-likeness (QED) is 0.596. The Morgan fingerprint density at radius 3 is 1.79 bits per heavy atom. The summed E-state index contributed by atoms with van der Waals surface area (Å²) in [6, 6.07) is 9.12. The van der Waals surface area contributed by atoms with Crippen LogP contribution in [0.4, 0.5) is 18.9 Å². The van der Waals surface area contributed by atoms with Crippen molar-refractivity contribution in [1.29, 1.82) is 0 Å². The molecule has 0 saturated heterocycles. The second kappa shape index (κ2) is 14.2. The molecule has 0 atom stereocenters. The van der Waals surface area contributed by atoms with Crippen LogP contribution < -0.4 is 5.32 Å². The first-order valence-corrected chi connectivity index (χ1v) is 8.98. The number of hydrogen-bond donors (Lipinski definition) is 1. The van der Waals surface area contributed by atoms with Gasteiger partial charge in [-0.15, -0.1) is 0 Å². The molecule has 2 aromatic rings. The fourth-order valence-electron chi connectivity index (χ4n) is 2.39. The highest BCUT2D eigenvalue weighted by Crippen LogP contribution is 2.29. The molecule has 2 rings (SSSR count). The van der Waals surface area contributed by atoms with E-state index in [1.807, 2.05) is 52.7 Å². The molecule has 0 unspecified atom stereocenters. The highest BCUT2D eigenvalue weighted by Gasteiger charge is 2.29. The number of anilines is 1. The molecule has 3 nitrogen and oxygen atoms in total. The predicted octanol–water partition coefficient (Wildman–Crippen LogP) is 6.76. The molecule has 0 radical (unpaired) electrons. The molecule has 0 fully saturated rings. The van der Waals surface area contributed by atoms with Crippen molar-refractivity contribution in [3.63, 3.8) is 0 Å². The van der Waals surface area contributed by atoms with E-state index < -0.39 is 11.7 Å². The monoisotopic (exact) mass is 409 g/mol. The number of halogens is 3. The van der Waals surface area contributed by atoms with Crippen LogP contribution >= 0.6 is 0 Å². The SMILES string of the molecule is C=Cc1c(C)cc(NC(C)=O)cc1C.C=O.CC.Cc1cccc(C(F)(F)F)c1. The van der Waals surface area contributed by atoms with Crippen LogP contribution in [-0.2, 0) is 15.8 Å². The Morgan fingerprint density at radius 1 is 1.00 bits per heavy atom. The Labute approximate surface area is 171 Å². The Kier molecular flexibility index (Phi) is 13.8. The first-order valence-electron chi connectivity index (χ1n) is 8.98. The third-order valence-corrected chi connectivity index (χ3v) is 3.46. The van der Waals surface area contributed by atoms with E-state index in [1.54, 1.807) is 13.0 Å². The molecular formula is C23H30F3NO2. The number of rotatable bonds is 2. The van der Waals surface area contributed by atoms with E-state index >= 15 is 0 Å². The number of benzene rings is 2. The van der Waals surface area contributed by atoms with Gasteiger partial charge >= 0.3 is 6.18 Å². The zero-order valence-electron chi connectivity index (χ0n) is 17.9. The summed E-state index contributed by atoms with van der Waals surface area (Å²) in [6.45, 7) is 16.9. The van der Waals surface area contributed by atoms with Gasteiger partial charge < -0.3 is 10.1 Å². The largest absolute Gasteiger partial charge is 0.416 e. The van der Waals surface area contributed by atoms with E-state index in [-0.39, 0.29) is 5.91 Å². The molecular weight excluding hydrogens is 379 g/mol. The lowest BCUT2D eigenvalue weighted by molar-refractivity contribution is -0.137. The van der Waals surface area contributed by atoms with E-state index in [1.165, 1.54) is 13.0 Å². The van der Waals surface area contributed by atoms with Gasteiger partial charge in [0.15, 0.2) is 0 Å². The average molecular weight is 409 g/mol. The van der Waals surface area contributed by atoms with E-state index in [2.05, 4.69) is 11.9 Å². The summed E-state index contributed by atoms with van der Waals surface area (Å²) in [4.78, 5) is 18.9. The van der Waals surface area contributed by atoms with Gasteiger partial charge in [-0.1, -0.05) is 50.3 Å². The number of carbonyl (C=O) groups is 2. The van der Waals surface area contributed by atoms with Crippen LogP contribution in [0.3, 0.4) is 0 Å². The summed E-state index contributed by atoms with van der Waals surface area (Å²) < 4.78 is 35.9. The van der Waals surface area contributed by atoms with Crippen molar-refractivity contribution in [2.24, 2.45) is 0 Å². The van der Waals surface area contributed by atoms with Crippen LogP contribution in [0.15, 0.2) is 43.0 Å². The normalized spacial score (nSPS) is 9.41. The number of hydrogen-bond acceptors (Lipinski definition) is 2. The number of nitrogens with one attached hydrogen (secondary N) is 1. The molecule has 0 aliphatic rings. The Morgan fingerprint density at radius 2 is 1.48 bits per heavy atom. The third-order valence-electron chi connectivity index (χ3n) is 3.46. The van der Waals surface area contributed by atoms with E-state index in [9.17, 15) is 18.0 Å². The molecule has 0 saturated carbocycles. The Balaban J connectivity index is 0. The summed E-state index contributed by atoms with van der Waals surface area (Å²) in [6.07, 6.45) is -2.38. The van der Waals surface area contributed by atoms with Gasteiger partial charge in [-0.05, 0) is 55.7 Å². The maximum Gasteiger partial charge on any atom is 0.416 e. The summed E-state index contributed by atoms with van der Waals surface area (Å²) in [5.41, 5.74) is 4.28. The highest BCUT2D eigenvalue weighted by atomic mass is 19.4. The fraction of sp³-hybridized carbons (Fsp3) is 0.304. The number of aryl methyl sites for hydroxylation is 3. The van der Waals surface area contributed by atoms with Crippen molar-refractivity contribution in [3.05, 3.63) is 70.8 Å². The minimum Gasteiger partial charge on any atom is -0.326 e. The second-order valence-corrected chi connectivity index (χ2v) is 5.78. The lowest BCUT2D eigenvalue weighted by Gasteiger charge is -2.09. The predicted molar refractivity (Wildman–Crippen MR) is 115 cm³/mol. The van der Waals surface area contributed by atoms with Crippen molar-refractivity contribution >= 4 is 24.5 Å². The number of carbonyl (C=O) groups excluding carboxylic acids is 2. The van der Waals surface area contributed by atoms with Gasteiger partial charge in [0.25, 0.3) is 0 Å². The minimum absolute atomic E-state index is 0.0462. The third kappa shape index (κ3) is 10.9. The molecule has 0 spiro atoms. The van der Waals surface area contributed by atoms with Crippen molar-refractivity contribution in [2.75, 3.05) is 5.32 Å². The van der Waals surface area contributed by atoms with Crippen LogP contribution in [-0.4, -0.2) is 12.7 Å². The molecule has 1 N–H and O–H groups in total. The zero-order valence-corrected chi connectivity index (χ0v) is 17.9. The molecule has 0 bridgehead atoms. The van der Waals surface area contributed by atoms with Gasteiger partial charge in [0, 0.05) is 12.6 Å². The molecule has 6 heteroatoms. The molecule has 0 aliphatic carbocycles. The topological polar surface area (TPSA) is 46.2 Å². The average Bonchev–Trinajstić information content (AvgIpc) is 2.64. The van der Waals surface area contributed by atoms with Gasteiger partial charge in [-0.3, -0.25) is 4.79 Å². The Bertz CT molecular complexity index is 761. The minimum atomic E-state index is -4.22. The lowest BCUT2D eigenvalue weighted by Crippen LogP contribution is -2.06. The molecule has 0 aliphatic heterocycles. The van der Waals surface area contributed by atoms with Crippen LogP contribution in [0.1, 0.15) is 48.6 Å². The molecule has 1 amide bonds. The molecule has 0 aromatic heterocycles. The second-order valence-electron chi connectivity index (χ2n) is 5.78. The maximum absolute atomic E-state index is 12.0. The lowest BCUT2D eigenvalue weighted by atomic mass is 10.0. The van der Waals surface area contributed by atoms with Crippen molar-refractivity contribution in [2.45, 2.75) is 47.7 Å². The Hall–Kier alpha value is -2.89. The van der Waals surface area contributed by atoms with Crippen molar-refractivity contribution in [3.8, 4) is 0 Å². The van der Waals surface area contributed by atoms with E-state index in [4.69, 9.17) is 4.79 Å².